The second kappa shape index (κ2) is 17.0. The molecule has 0 spiro atoms. The van der Waals surface area contributed by atoms with E-state index in [1.807, 2.05) is 0 Å². The number of nitrogens with zero attached hydrogens (tertiary/aromatic N) is 2. The van der Waals surface area contributed by atoms with Crippen molar-refractivity contribution in [3.8, 4) is 0 Å². The van der Waals surface area contributed by atoms with E-state index in [1.54, 1.807) is 0 Å². The van der Waals surface area contributed by atoms with Gasteiger partial charge in [0.15, 0.2) is 16.6 Å². The minimum absolute atomic E-state index is 0.228. The van der Waals surface area contributed by atoms with Gasteiger partial charge in [0, 0.05) is 13.2 Å². The first-order valence-electron chi connectivity index (χ1n) is 20.0. The highest BCUT2D eigenvalue weighted by Gasteiger charge is 2.43. The fourth-order valence-electron chi connectivity index (χ4n) is 8.38. The van der Waals surface area contributed by atoms with Gasteiger partial charge in [0.2, 0.25) is 0 Å². The van der Waals surface area contributed by atoms with Gasteiger partial charge in [0.05, 0.1) is 23.5 Å². The highest BCUT2D eigenvalue weighted by molar-refractivity contribution is 6.70. The summed E-state index contributed by atoms with van der Waals surface area (Å²) in [6.07, 6.45) is 11.5. The summed E-state index contributed by atoms with van der Waals surface area (Å²) in [6, 6.07) is 0.679. The topological polar surface area (TPSA) is 43.2 Å². The number of hydrogen-bond donors (Lipinski definition) is 0. The Balaban J connectivity index is 2.70. The lowest BCUT2D eigenvalue weighted by Gasteiger charge is -2.46. The molecule has 4 nitrogen and oxygen atoms in total. The van der Waals surface area contributed by atoms with Gasteiger partial charge < -0.3 is 8.85 Å². The Morgan fingerprint density at radius 2 is 0.812 bits per heavy atom. The Kier molecular flexibility index (Phi) is 15.5. The minimum atomic E-state index is -1.58. The summed E-state index contributed by atoms with van der Waals surface area (Å²) in [4.78, 5) is 11.9. The summed E-state index contributed by atoms with van der Waals surface area (Å²) < 4.78 is 12.8. The maximum Gasteiger partial charge on any atom is 0.183 e. The SMILES string of the molecule is CC(C)(C)C1CCC(C(C)(C)C)C(N=C(CCCO[Si](C)(C)C)C(CCCO[Si](C)(C)C)=NC2CC(C(C)(C)C)CCC2C(C)(C)C)C1. The van der Waals surface area contributed by atoms with Gasteiger partial charge in [-0.3, -0.25) is 9.98 Å². The van der Waals surface area contributed by atoms with Crippen LogP contribution in [-0.4, -0.2) is 53.4 Å². The molecule has 6 heteroatoms. The van der Waals surface area contributed by atoms with Crippen molar-refractivity contribution in [3.05, 3.63) is 0 Å². The van der Waals surface area contributed by atoms with E-state index in [1.165, 1.54) is 49.9 Å². The van der Waals surface area contributed by atoms with E-state index >= 15 is 0 Å². The van der Waals surface area contributed by atoms with Gasteiger partial charge >= 0.3 is 0 Å². The molecular formula is C42H84N2O2Si2. The van der Waals surface area contributed by atoms with Crippen molar-refractivity contribution >= 4 is 28.1 Å². The molecule has 0 saturated heterocycles. The van der Waals surface area contributed by atoms with Gasteiger partial charge in [0.1, 0.15) is 0 Å². The van der Waals surface area contributed by atoms with Crippen LogP contribution in [0.15, 0.2) is 9.98 Å². The molecule has 0 amide bonds. The average Bonchev–Trinajstić information content (AvgIpc) is 2.88. The number of rotatable bonds is 13. The van der Waals surface area contributed by atoms with Crippen LogP contribution in [0, 0.1) is 45.3 Å². The molecule has 2 aliphatic carbocycles. The van der Waals surface area contributed by atoms with Crippen molar-refractivity contribution in [2.24, 2.45) is 55.3 Å². The third-order valence-electron chi connectivity index (χ3n) is 11.5. The molecule has 2 rings (SSSR count). The molecule has 0 N–H and O–H groups in total. The fraction of sp³-hybridized carbons (Fsp3) is 0.952. The van der Waals surface area contributed by atoms with E-state index in [0.717, 1.165) is 38.9 Å². The van der Waals surface area contributed by atoms with E-state index < -0.39 is 16.6 Å². The molecule has 2 saturated carbocycles. The van der Waals surface area contributed by atoms with Crippen LogP contribution in [0.2, 0.25) is 39.3 Å². The molecule has 0 bridgehead atoms. The molecule has 0 aliphatic heterocycles. The predicted octanol–water partition coefficient (Wildman–Crippen LogP) is 12.9. The molecule has 2 aliphatic rings. The summed E-state index contributed by atoms with van der Waals surface area (Å²) in [5.41, 5.74) is 3.65. The van der Waals surface area contributed by atoms with Crippen molar-refractivity contribution in [1.29, 1.82) is 0 Å². The first kappa shape index (κ1) is 43.9. The molecule has 0 aromatic carbocycles. The average molecular weight is 705 g/mol. The van der Waals surface area contributed by atoms with Gasteiger partial charge in [-0.2, -0.15) is 0 Å². The molecule has 0 heterocycles. The van der Waals surface area contributed by atoms with Gasteiger partial charge in [-0.25, -0.2) is 0 Å². The summed E-state index contributed by atoms with van der Waals surface area (Å²) in [5, 5.41) is 0. The van der Waals surface area contributed by atoms with Crippen LogP contribution in [0.5, 0.6) is 0 Å². The van der Waals surface area contributed by atoms with E-state index in [0.29, 0.717) is 46.6 Å². The molecule has 0 aromatic heterocycles. The Labute approximate surface area is 303 Å². The van der Waals surface area contributed by atoms with Crippen LogP contribution in [-0.2, 0) is 8.85 Å². The first-order chi connectivity index (χ1) is 21.6. The van der Waals surface area contributed by atoms with Crippen molar-refractivity contribution in [2.75, 3.05) is 13.2 Å². The number of hydrogen-bond acceptors (Lipinski definition) is 4. The molecule has 0 aromatic rings. The minimum Gasteiger partial charge on any atom is -0.418 e. The van der Waals surface area contributed by atoms with Gasteiger partial charge in [-0.05, 0) is 149 Å². The monoisotopic (exact) mass is 705 g/mol. The molecule has 282 valence electrons. The first-order valence-corrected chi connectivity index (χ1v) is 26.8. The quantitative estimate of drug-likeness (QED) is 0.109. The standard InChI is InChI=1S/C42H84N2O2Si2/c1-39(2,3)31-23-25-33(41(7,8)9)37(29-31)43-35(21-19-27-45-47(13,14)15)36(22-20-28-46-48(16,17)18)44-38-30-32(40(4,5)6)24-26-34(38)42(10,11)12/h31-34,37-38H,19-30H2,1-18H3. The summed E-state index contributed by atoms with van der Waals surface area (Å²) in [7, 11) is -3.16. The van der Waals surface area contributed by atoms with Crippen LogP contribution in [0.25, 0.3) is 0 Å². The van der Waals surface area contributed by atoms with E-state index in [9.17, 15) is 0 Å². The van der Waals surface area contributed by atoms with Crippen LogP contribution in [0.1, 0.15) is 147 Å². The Morgan fingerprint density at radius 3 is 1.06 bits per heavy atom. The zero-order valence-corrected chi connectivity index (χ0v) is 37.7. The van der Waals surface area contributed by atoms with Crippen LogP contribution in [0.4, 0.5) is 0 Å². The lowest BCUT2D eigenvalue weighted by molar-refractivity contribution is 0.0775. The lowest BCUT2D eigenvalue weighted by atomic mass is 9.62. The Bertz CT molecular complexity index is 956. The molecule has 6 unspecified atom stereocenters. The highest BCUT2D eigenvalue weighted by atomic mass is 28.4. The Hall–Kier alpha value is -0.306. The molecule has 0 radical (unpaired) electrons. The third-order valence-corrected chi connectivity index (χ3v) is 13.6. The van der Waals surface area contributed by atoms with Gasteiger partial charge in [0.25, 0.3) is 0 Å². The molecule has 2 fully saturated rings. The summed E-state index contributed by atoms with van der Waals surface area (Å²) >= 11 is 0. The summed E-state index contributed by atoms with van der Waals surface area (Å²) in [5.74, 6) is 2.57. The van der Waals surface area contributed by atoms with Crippen molar-refractivity contribution in [1.82, 2.24) is 0 Å². The summed E-state index contributed by atoms with van der Waals surface area (Å²) in [6.45, 7) is 44.8. The highest BCUT2D eigenvalue weighted by Crippen LogP contribution is 2.48. The molecule has 6 atom stereocenters. The van der Waals surface area contributed by atoms with Gasteiger partial charge in [-0.1, -0.05) is 83.1 Å². The van der Waals surface area contributed by atoms with Crippen LogP contribution in [0.3, 0.4) is 0 Å². The maximum absolute atomic E-state index is 6.41. The van der Waals surface area contributed by atoms with Crippen LogP contribution >= 0.6 is 0 Å². The van der Waals surface area contributed by atoms with E-state index in [4.69, 9.17) is 18.8 Å². The van der Waals surface area contributed by atoms with Crippen LogP contribution < -0.4 is 0 Å². The maximum atomic E-state index is 6.41. The van der Waals surface area contributed by atoms with E-state index in [2.05, 4.69) is 122 Å². The zero-order chi connectivity index (χ0) is 36.9. The van der Waals surface area contributed by atoms with Crippen molar-refractivity contribution in [3.63, 3.8) is 0 Å². The van der Waals surface area contributed by atoms with Gasteiger partial charge in [-0.15, -0.1) is 0 Å². The third kappa shape index (κ3) is 15.1. The smallest absolute Gasteiger partial charge is 0.183 e. The molecular weight excluding hydrogens is 621 g/mol. The Morgan fingerprint density at radius 1 is 0.500 bits per heavy atom. The number of aliphatic imine (C=N–C) groups is 2. The van der Waals surface area contributed by atoms with Crippen molar-refractivity contribution in [2.45, 2.75) is 199 Å². The van der Waals surface area contributed by atoms with E-state index in [-0.39, 0.29) is 10.8 Å². The second-order valence-electron chi connectivity index (χ2n) is 22.1. The predicted molar refractivity (Wildman–Crippen MR) is 219 cm³/mol. The molecule has 48 heavy (non-hydrogen) atoms. The van der Waals surface area contributed by atoms with Crippen molar-refractivity contribution < 1.29 is 8.85 Å². The lowest BCUT2D eigenvalue weighted by Crippen LogP contribution is -2.42. The fourth-order valence-corrected chi connectivity index (χ4v) is 9.89. The zero-order valence-electron chi connectivity index (χ0n) is 35.7. The largest absolute Gasteiger partial charge is 0.418 e. The second-order valence-corrected chi connectivity index (χ2v) is 31.1. The normalized spacial score (nSPS) is 27.8.